The Morgan fingerprint density at radius 2 is 1.81 bits per heavy atom. The van der Waals surface area contributed by atoms with E-state index in [1.807, 2.05) is 6.92 Å². The standard InChI is InChI=1S/C31H42FN5O6/c1-21-18-37(22(2)20-38)30(40)17-23-16-26(33-29(39)10-11-36-12-14-42-15-13-36)8-9-27(23)43-28(21)19-35(3)31(41)34-25-6-4-24(32)5-7-25/h4-9,16,21-22,28,38H,10-15,17-20H2,1-3H3,(H,33,39)(H,34,41)/t21-,22+,28-/m0/s1. The normalized spacial score (nSPS) is 20.1. The lowest BCUT2D eigenvalue weighted by Crippen LogP contribution is -2.48. The van der Waals surface area contributed by atoms with Crippen molar-refractivity contribution in [2.45, 2.75) is 38.8 Å². The maximum atomic E-state index is 13.5. The van der Waals surface area contributed by atoms with Crippen molar-refractivity contribution in [1.29, 1.82) is 0 Å². The highest BCUT2D eigenvalue weighted by molar-refractivity contribution is 5.91. The fourth-order valence-electron chi connectivity index (χ4n) is 5.14. The number of ether oxygens (including phenoxy) is 2. The Kier molecular flexibility index (Phi) is 11.3. The van der Waals surface area contributed by atoms with Crippen molar-refractivity contribution < 1.29 is 33.4 Å². The molecule has 4 rings (SSSR count). The maximum absolute atomic E-state index is 13.5. The number of hydrogen-bond donors (Lipinski definition) is 3. The molecule has 0 aliphatic carbocycles. The van der Waals surface area contributed by atoms with Crippen molar-refractivity contribution in [3.63, 3.8) is 0 Å². The third-order valence-electron chi connectivity index (χ3n) is 7.86. The van der Waals surface area contributed by atoms with E-state index in [0.29, 0.717) is 55.4 Å². The Labute approximate surface area is 251 Å². The van der Waals surface area contributed by atoms with Crippen LogP contribution in [-0.2, 0) is 20.7 Å². The van der Waals surface area contributed by atoms with Gasteiger partial charge in [0.1, 0.15) is 17.7 Å². The molecule has 12 heteroatoms. The molecule has 11 nitrogen and oxygen atoms in total. The van der Waals surface area contributed by atoms with Gasteiger partial charge in [-0.15, -0.1) is 0 Å². The number of rotatable bonds is 9. The van der Waals surface area contributed by atoms with Gasteiger partial charge in [0, 0.05) is 62.5 Å². The average Bonchev–Trinajstić information content (AvgIpc) is 3.04. The molecule has 0 spiro atoms. The van der Waals surface area contributed by atoms with Crippen LogP contribution in [0.4, 0.5) is 20.6 Å². The highest BCUT2D eigenvalue weighted by Crippen LogP contribution is 2.29. The Morgan fingerprint density at radius 1 is 1.12 bits per heavy atom. The molecule has 0 bridgehead atoms. The minimum atomic E-state index is -0.504. The molecular weight excluding hydrogens is 557 g/mol. The SMILES string of the molecule is C[C@H](CO)N1C[C@H](C)[C@H](CN(C)C(=O)Nc2ccc(F)cc2)Oc2ccc(NC(=O)CCN3CCOCC3)cc2CC1=O. The first-order valence-corrected chi connectivity index (χ1v) is 14.7. The van der Waals surface area contributed by atoms with Crippen LogP contribution in [-0.4, -0.2) is 109 Å². The van der Waals surface area contributed by atoms with Gasteiger partial charge in [-0.3, -0.25) is 14.5 Å². The van der Waals surface area contributed by atoms with Gasteiger partial charge in [-0.1, -0.05) is 6.92 Å². The van der Waals surface area contributed by atoms with E-state index in [2.05, 4.69) is 15.5 Å². The Bertz CT molecular complexity index is 1260. The van der Waals surface area contributed by atoms with Crippen LogP contribution in [0.1, 0.15) is 25.8 Å². The van der Waals surface area contributed by atoms with Crippen molar-refractivity contribution in [2.24, 2.45) is 5.92 Å². The summed E-state index contributed by atoms with van der Waals surface area (Å²) in [7, 11) is 1.64. The predicted octanol–water partition coefficient (Wildman–Crippen LogP) is 2.80. The second-order valence-electron chi connectivity index (χ2n) is 11.3. The van der Waals surface area contributed by atoms with Crippen LogP contribution in [0.15, 0.2) is 42.5 Å². The van der Waals surface area contributed by atoms with Crippen LogP contribution in [0.5, 0.6) is 5.75 Å². The number of carbonyl (C=O) groups excluding carboxylic acids is 3. The summed E-state index contributed by atoms with van der Waals surface area (Å²) >= 11 is 0. The average molecular weight is 600 g/mol. The van der Waals surface area contributed by atoms with Crippen molar-refractivity contribution in [3.05, 3.63) is 53.8 Å². The van der Waals surface area contributed by atoms with Gasteiger partial charge >= 0.3 is 6.03 Å². The summed E-state index contributed by atoms with van der Waals surface area (Å²) in [6.07, 6.45) is -0.145. The van der Waals surface area contributed by atoms with Gasteiger partial charge in [-0.2, -0.15) is 0 Å². The summed E-state index contributed by atoms with van der Waals surface area (Å²) in [6, 6.07) is 9.92. The van der Waals surface area contributed by atoms with E-state index in [4.69, 9.17) is 9.47 Å². The van der Waals surface area contributed by atoms with Crippen molar-refractivity contribution in [1.82, 2.24) is 14.7 Å². The molecule has 0 saturated carbocycles. The van der Waals surface area contributed by atoms with E-state index in [1.54, 1.807) is 37.1 Å². The van der Waals surface area contributed by atoms with E-state index in [-0.39, 0.29) is 37.3 Å². The zero-order valence-corrected chi connectivity index (χ0v) is 25.1. The number of aliphatic hydroxyl groups is 1. The summed E-state index contributed by atoms with van der Waals surface area (Å²) in [5, 5.41) is 15.6. The zero-order chi connectivity index (χ0) is 30.9. The fraction of sp³-hybridized carbons (Fsp3) is 0.516. The van der Waals surface area contributed by atoms with Crippen LogP contribution in [0, 0.1) is 11.7 Å². The largest absolute Gasteiger partial charge is 0.488 e. The molecule has 1 fully saturated rings. The van der Waals surface area contributed by atoms with E-state index in [9.17, 15) is 23.9 Å². The minimum Gasteiger partial charge on any atom is -0.488 e. The molecule has 2 aromatic carbocycles. The first-order chi connectivity index (χ1) is 20.6. The lowest BCUT2D eigenvalue weighted by Gasteiger charge is -2.34. The van der Waals surface area contributed by atoms with E-state index >= 15 is 0 Å². The predicted molar refractivity (Wildman–Crippen MR) is 161 cm³/mol. The molecule has 2 heterocycles. The minimum absolute atomic E-state index is 0.0253. The van der Waals surface area contributed by atoms with Gasteiger partial charge in [-0.25, -0.2) is 9.18 Å². The zero-order valence-electron chi connectivity index (χ0n) is 25.1. The molecule has 4 amide bonds. The molecule has 2 aromatic rings. The molecule has 0 aromatic heterocycles. The molecule has 1 saturated heterocycles. The second-order valence-corrected chi connectivity index (χ2v) is 11.3. The molecule has 234 valence electrons. The highest BCUT2D eigenvalue weighted by atomic mass is 19.1. The molecule has 0 unspecified atom stereocenters. The lowest BCUT2D eigenvalue weighted by molar-refractivity contribution is -0.134. The molecule has 43 heavy (non-hydrogen) atoms. The van der Waals surface area contributed by atoms with Crippen LogP contribution < -0.4 is 15.4 Å². The Morgan fingerprint density at radius 3 is 2.51 bits per heavy atom. The molecule has 3 N–H and O–H groups in total. The van der Waals surface area contributed by atoms with Crippen LogP contribution in [0.3, 0.4) is 0 Å². The van der Waals surface area contributed by atoms with Crippen LogP contribution >= 0.6 is 0 Å². The molecular formula is C31H42FN5O6. The van der Waals surface area contributed by atoms with Gasteiger partial charge in [0.15, 0.2) is 0 Å². The van der Waals surface area contributed by atoms with E-state index < -0.39 is 24.0 Å². The van der Waals surface area contributed by atoms with Gasteiger partial charge in [0.05, 0.1) is 38.8 Å². The van der Waals surface area contributed by atoms with E-state index in [0.717, 1.165) is 13.1 Å². The first kappa shape index (κ1) is 32.2. The topological polar surface area (TPSA) is 124 Å². The number of nitrogens with zero attached hydrogens (tertiary/aromatic N) is 3. The number of fused-ring (bicyclic) bond motifs is 1. The van der Waals surface area contributed by atoms with E-state index in [1.165, 1.54) is 29.2 Å². The van der Waals surface area contributed by atoms with Crippen LogP contribution in [0.25, 0.3) is 0 Å². The molecule has 2 aliphatic rings. The Hall–Kier alpha value is -3.74. The number of hydrogen-bond acceptors (Lipinski definition) is 7. The molecule has 3 atom stereocenters. The number of aliphatic hydroxyl groups excluding tert-OH is 1. The van der Waals surface area contributed by atoms with Crippen molar-refractivity contribution in [2.75, 3.05) is 70.2 Å². The maximum Gasteiger partial charge on any atom is 0.321 e. The van der Waals surface area contributed by atoms with Crippen LogP contribution in [0.2, 0.25) is 0 Å². The van der Waals surface area contributed by atoms with Gasteiger partial charge < -0.3 is 35.0 Å². The number of amides is 4. The second kappa shape index (κ2) is 15.1. The smallest absolute Gasteiger partial charge is 0.321 e. The highest BCUT2D eigenvalue weighted by Gasteiger charge is 2.32. The van der Waals surface area contributed by atoms with Gasteiger partial charge in [-0.05, 0) is 49.4 Å². The number of likely N-dealkylation sites (N-methyl/N-ethyl adjacent to an activating group) is 1. The first-order valence-electron chi connectivity index (χ1n) is 14.7. The number of carbonyl (C=O) groups is 3. The lowest BCUT2D eigenvalue weighted by atomic mass is 10.0. The number of halogens is 1. The summed E-state index contributed by atoms with van der Waals surface area (Å²) in [6.45, 7) is 7.62. The Balaban J connectivity index is 1.50. The van der Waals surface area contributed by atoms with Crippen molar-refractivity contribution >= 4 is 29.2 Å². The van der Waals surface area contributed by atoms with Crippen molar-refractivity contribution in [3.8, 4) is 5.75 Å². The number of anilines is 2. The monoisotopic (exact) mass is 599 g/mol. The number of urea groups is 1. The van der Waals surface area contributed by atoms with Gasteiger partial charge in [0.25, 0.3) is 0 Å². The summed E-state index contributed by atoms with van der Waals surface area (Å²) in [5.41, 5.74) is 1.62. The summed E-state index contributed by atoms with van der Waals surface area (Å²) < 4.78 is 25.1. The molecule has 0 radical (unpaired) electrons. The summed E-state index contributed by atoms with van der Waals surface area (Å²) in [5.74, 6) is -0.411. The number of benzene rings is 2. The quantitative estimate of drug-likeness (QED) is 0.405. The third-order valence-corrected chi connectivity index (χ3v) is 7.86. The van der Waals surface area contributed by atoms with Gasteiger partial charge in [0.2, 0.25) is 11.8 Å². The summed E-state index contributed by atoms with van der Waals surface area (Å²) in [4.78, 5) is 44.4. The number of nitrogens with one attached hydrogen (secondary N) is 2. The molecule has 2 aliphatic heterocycles. The number of morpholine rings is 1. The fourth-order valence-corrected chi connectivity index (χ4v) is 5.14. The third kappa shape index (κ3) is 9.12.